The van der Waals surface area contributed by atoms with Gasteiger partial charge in [-0.25, -0.2) is 9.78 Å². The molecular formula is C26H31N5O4S. The first-order valence-corrected chi connectivity index (χ1v) is 13.0. The topological polar surface area (TPSA) is 102 Å². The Morgan fingerprint density at radius 1 is 1.31 bits per heavy atom. The summed E-state index contributed by atoms with van der Waals surface area (Å²) in [5.74, 6) is 1.72. The molecule has 0 bridgehead atoms. The molecule has 4 aromatic rings. The fraction of sp³-hybridized carbons (Fsp3) is 0.423. The predicted octanol–water partition coefficient (Wildman–Crippen LogP) is 4.79. The molecule has 36 heavy (non-hydrogen) atoms. The summed E-state index contributed by atoms with van der Waals surface area (Å²) in [5, 5.41) is 14.9. The quantitative estimate of drug-likeness (QED) is 0.389. The number of nitrogens with one attached hydrogen (secondary N) is 1. The Labute approximate surface area is 213 Å². The van der Waals surface area contributed by atoms with Crippen LogP contribution in [0.25, 0.3) is 32.8 Å². The van der Waals surface area contributed by atoms with E-state index in [9.17, 15) is 9.59 Å². The van der Waals surface area contributed by atoms with Crippen LogP contribution in [0.4, 0.5) is 4.79 Å². The van der Waals surface area contributed by atoms with Gasteiger partial charge in [0.25, 0.3) is 5.91 Å². The number of hydrogen-bond acceptors (Lipinski definition) is 5. The molecule has 2 amide bonds. The average molecular weight is 510 g/mol. The number of benzene rings is 1. The number of carbonyl (C=O) groups is 2. The molecule has 5 rings (SSSR count). The van der Waals surface area contributed by atoms with Gasteiger partial charge in [-0.3, -0.25) is 4.79 Å². The molecule has 1 fully saturated rings. The molecule has 0 saturated carbocycles. The number of amides is 2. The number of aryl methyl sites for hydroxylation is 1. The summed E-state index contributed by atoms with van der Waals surface area (Å²) < 4.78 is 10.1. The van der Waals surface area contributed by atoms with Crippen LogP contribution in [0.3, 0.4) is 0 Å². The van der Waals surface area contributed by atoms with Crippen molar-refractivity contribution < 1.29 is 19.4 Å². The van der Waals surface area contributed by atoms with Gasteiger partial charge in [0.1, 0.15) is 16.1 Å². The Morgan fingerprint density at radius 3 is 2.83 bits per heavy atom. The van der Waals surface area contributed by atoms with E-state index in [0.717, 1.165) is 36.4 Å². The highest BCUT2D eigenvalue weighted by molar-refractivity contribution is 7.16. The fourth-order valence-corrected chi connectivity index (χ4v) is 6.07. The monoisotopic (exact) mass is 509 g/mol. The van der Waals surface area contributed by atoms with Gasteiger partial charge in [-0.2, -0.15) is 0 Å². The zero-order chi connectivity index (χ0) is 25.6. The van der Waals surface area contributed by atoms with E-state index in [1.165, 1.54) is 10.2 Å². The molecule has 0 radical (unpaired) electrons. The molecule has 9 nitrogen and oxygen atoms in total. The first-order chi connectivity index (χ1) is 17.3. The Morgan fingerprint density at radius 2 is 2.11 bits per heavy atom. The smallest absolute Gasteiger partial charge is 0.404 e. The van der Waals surface area contributed by atoms with Crippen LogP contribution >= 0.6 is 11.3 Å². The number of likely N-dealkylation sites (tertiary alicyclic amines) is 1. The van der Waals surface area contributed by atoms with E-state index in [2.05, 4.69) is 41.2 Å². The van der Waals surface area contributed by atoms with Crippen LogP contribution < -0.4 is 10.1 Å². The Hall–Kier alpha value is -3.53. The van der Waals surface area contributed by atoms with E-state index < -0.39 is 6.09 Å². The average Bonchev–Trinajstić information content (AvgIpc) is 3.52. The lowest BCUT2D eigenvalue weighted by molar-refractivity contribution is 0.0692. The van der Waals surface area contributed by atoms with Gasteiger partial charge in [0, 0.05) is 43.7 Å². The highest BCUT2D eigenvalue weighted by Gasteiger charge is 2.27. The molecular weight excluding hydrogens is 478 g/mol. The number of piperidine rings is 1. The van der Waals surface area contributed by atoms with Crippen molar-refractivity contribution in [1.82, 2.24) is 24.3 Å². The summed E-state index contributed by atoms with van der Waals surface area (Å²) in [6.45, 7) is 6.22. The largest absolute Gasteiger partial charge is 0.494 e. The van der Waals surface area contributed by atoms with Gasteiger partial charge in [-0.05, 0) is 48.4 Å². The summed E-state index contributed by atoms with van der Waals surface area (Å²) in [7, 11) is 3.57. The fourth-order valence-electron chi connectivity index (χ4n) is 5.16. The summed E-state index contributed by atoms with van der Waals surface area (Å²) in [5.41, 5.74) is 3.04. The van der Waals surface area contributed by atoms with Gasteiger partial charge in [0.15, 0.2) is 5.82 Å². The van der Waals surface area contributed by atoms with Crippen molar-refractivity contribution in [3.63, 3.8) is 0 Å². The third-order valence-corrected chi connectivity index (χ3v) is 7.67. The predicted molar refractivity (Wildman–Crippen MR) is 141 cm³/mol. The van der Waals surface area contributed by atoms with Gasteiger partial charge in [0.2, 0.25) is 0 Å². The zero-order valence-electron chi connectivity index (χ0n) is 20.9. The normalized spacial score (nSPS) is 16.2. The zero-order valence-corrected chi connectivity index (χ0v) is 21.8. The minimum Gasteiger partial charge on any atom is -0.494 e. The van der Waals surface area contributed by atoms with Crippen LogP contribution in [0.15, 0.2) is 29.6 Å². The molecule has 10 heteroatoms. The molecule has 0 spiro atoms. The third kappa shape index (κ3) is 4.30. The van der Waals surface area contributed by atoms with Gasteiger partial charge in [0.05, 0.1) is 18.3 Å². The Kier molecular flexibility index (Phi) is 6.38. The second-order valence-electron chi connectivity index (χ2n) is 9.80. The molecule has 1 aliphatic rings. The van der Waals surface area contributed by atoms with Gasteiger partial charge < -0.3 is 29.2 Å². The summed E-state index contributed by atoms with van der Waals surface area (Å²) in [4.78, 5) is 32.4. The number of carbonyl (C=O) groups excluding carboxylic acids is 1. The minimum absolute atomic E-state index is 0.150. The molecule has 1 aromatic carbocycles. The lowest BCUT2D eigenvalue weighted by Gasteiger charge is -2.32. The number of hydrogen-bond donors (Lipinski definition) is 2. The maximum absolute atomic E-state index is 13.4. The summed E-state index contributed by atoms with van der Waals surface area (Å²) in [6.07, 6.45) is 0.393. The number of thiophene rings is 1. The van der Waals surface area contributed by atoms with Crippen molar-refractivity contribution in [1.29, 1.82) is 0 Å². The first kappa shape index (κ1) is 24.2. The molecule has 2 N–H and O–H groups in total. The molecule has 3 aromatic heterocycles. The van der Waals surface area contributed by atoms with E-state index >= 15 is 0 Å². The van der Waals surface area contributed by atoms with Crippen LogP contribution in [0, 0.1) is 5.92 Å². The number of carboxylic acid groups (broad SMARTS) is 1. The molecule has 1 saturated heterocycles. The number of aromatic nitrogens is 3. The summed E-state index contributed by atoms with van der Waals surface area (Å²) in [6, 6.07) is 7.62. The van der Waals surface area contributed by atoms with Gasteiger partial charge in [-0.1, -0.05) is 13.8 Å². The minimum atomic E-state index is -1.07. The Bertz CT molecular complexity index is 1450. The van der Waals surface area contributed by atoms with E-state index in [0.29, 0.717) is 35.8 Å². The van der Waals surface area contributed by atoms with Crippen molar-refractivity contribution in [3.8, 4) is 17.3 Å². The number of ether oxygens (including phenoxy) is 1. The van der Waals surface area contributed by atoms with Crippen molar-refractivity contribution in [2.24, 2.45) is 13.0 Å². The molecule has 1 aliphatic heterocycles. The lowest BCUT2D eigenvalue weighted by atomic mass is 10.0. The lowest BCUT2D eigenvalue weighted by Crippen LogP contribution is -2.49. The number of fused-ring (bicyclic) bond motifs is 2. The maximum Gasteiger partial charge on any atom is 0.404 e. The van der Waals surface area contributed by atoms with E-state index in [1.54, 1.807) is 29.4 Å². The Balaban J connectivity index is 1.55. The standard InChI is InChI=1S/C26H31N5O4S/c1-15(2)13-31-20(11-16-7-9-36-25(16)31)23-28-19-10-17(12-21(35-4)22(19)29(23)3)24(32)30-8-5-6-18(14-30)27-26(33)34/h7,9-12,15,18,27H,5-6,8,13-14H2,1-4H3,(H,33,34). The van der Waals surface area contributed by atoms with Gasteiger partial charge in [-0.15, -0.1) is 11.3 Å². The summed E-state index contributed by atoms with van der Waals surface area (Å²) >= 11 is 1.73. The van der Waals surface area contributed by atoms with Crippen LogP contribution in [-0.4, -0.2) is 62.4 Å². The molecule has 0 aliphatic carbocycles. The van der Waals surface area contributed by atoms with Crippen LogP contribution in [-0.2, 0) is 13.6 Å². The maximum atomic E-state index is 13.4. The SMILES string of the molecule is COc1cc(C(=O)N2CCCC(NC(=O)O)C2)cc2nc(-c3cc4ccsc4n3CC(C)C)n(C)c12. The molecule has 4 heterocycles. The van der Waals surface area contributed by atoms with E-state index in [4.69, 9.17) is 14.8 Å². The van der Waals surface area contributed by atoms with Crippen molar-refractivity contribution in [2.75, 3.05) is 20.2 Å². The van der Waals surface area contributed by atoms with E-state index in [-0.39, 0.29) is 11.9 Å². The molecule has 1 unspecified atom stereocenters. The van der Waals surface area contributed by atoms with E-state index in [1.807, 2.05) is 17.7 Å². The highest BCUT2D eigenvalue weighted by atomic mass is 32.1. The number of methoxy groups -OCH3 is 1. The number of imidazole rings is 1. The van der Waals surface area contributed by atoms with Crippen LogP contribution in [0.5, 0.6) is 5.75 Å². The second-order valence-corrected chi connectivity index (χ2v) is 10.7. The van der Waals surface area contributed by atoms with Crippen LogP contribution in [0.2, 0.25) is 0 Å². The highest BCUT2D eigenvalue weighted by Crippen LogP contribution is 2.36. The first-order valence-electron chi connectivity index (χ1n) is 12.2. The van der Waals surface area contributed by atoms with Crippen molar-refractivity contribution in [3.05, 3.63) is 35.2 Å². The second kappa shape index (κ2) is 9.50. The van der Waals surface area contributed by atoms with Gasteiger partial charge >= 0.3 is 6.09 Å². The number of nitrogens with zero attached hydrogens (tertiary/aromatic N) is 4. The molecule has 1 atom stereocenters. The van der Waals surface area contributed by atoms with Crippen LogP contribution in [0.1, 0.15) is 37.0 Å². The van der Waals surface area contributed by atoms with Crippen molar-refractivity contribution in [2.45, 2.75) is 39.3 Å². The third-order valence-electron chi connectivity index (χ3n) is 6.72. The number of rotatable bonds is 6. The van der Waals surface area contributed by atoms with Crippen molar-refractivity contribution >= 4 is 44.6 Å². The molecule has 190 valence electrons.